The van der Waals surface area contributed by atoms with Gasteiger partial charge in [0.1, 0.15) is 17.1 Å². The number of carbonyl (C=O) groups excluding carboxylic acids is 4. The first kappa shape index (κ1) is 29.6. The number of nitrogens with zero attached hydrogens (tertiary/aromatic N) is 3. The monoisotopic (exact) mass is 646 g/mol. The summed E-state index contributed by atoms with van der Waals surface area (Å²) in [5.41, 5.74) is 2.18. The molecule has 13 heteroatoms. The van der Waals surface area contributed by atoms with Gasteiger partial charge in [0.15, 0.2) is 11.2 Å². The van der Waals surface area contributed by atoms with Crippen LogP contribution in [-0.4, -0.2) is 58.0 Å². The standard InChI is InChI=1S/C31H26N4O6S3/c1-18(36)34(23-14-9-15-42-23)25-27(37)35-24(21(17-43-28(25)35)22-16-32-30(44-22)33-31(39)40-2)29(38)41-26(19-10-5-3-6-11-19)20-12-7-4-8-13-20/h3-16,25-26,28H,17H2,1-2H3,(H,32,33,39). The Morgan fingerprint density at radius 3 is 2.30 bits per heavy atom. The summed E-state index contributed by atoms with van der Waals surface area (Å²) in [5, 5.41) is 4.81. The number of esters is 1. The van der Waals surface area contributed by atoms with Crippen molar-refractivity contribution in [3.8, 4) is 0 Å². The Kier molecular flexibility index (Phi) is 8.51. The van der Waals surface area contributed by atoms with Gasteiger partial charge in [-0.25, -0.2) is 14.6 Å². The lowest BCUT2D eigenvalue weighted by molar-refractivity contribution is -0.153. The average Bonchev–Trinajstić information content (AvgIpc) is 3.75. The van der Waals surface area contributed by atoms with Gasteiger partial charge in [0.25, 0.3) is 5.91 Å². The van der Waals surface area contributed by atoms with Crippen LogP contribution in [0.15, 0.2) is 90.1 Å². The number of benzene rings is 2. The highest BCUT2D eigenvalue weighted by Gasteiger charge is 2.57. The fourth-order valence-corrected chi connectivity index (χ4v) is 8.29. The number of hydrogen-bond donors (Lipinski definition) is 1. The first-order chi connectivity index (χ1) is 21.4. The largest absolute Gasteiger partial charge is 0.453 e. The van der Waals surface area contributed by atoms with Crippen molar-refractivity contribution in [2.75, 3.05) is 23.1 Å². The van der Waals surface area contributed by atoms with E-state index in [0.29, 0.717) is 21.2 Å². The summed E-state index contributed by atoms with van der Waals surface area (Å²) in [6.07, 6.45) is 0.127. The maximum absolute atomic E-state index is 14.3. The summed E-state index contributed by atoms with van der Waals surface area (Å²) >= 11 is 3.97. The maximum Gasteiger partial charge on any atom is 0.413 e. The molecule has 4 aromatic rings. The number of fused-ring (bicyclic) bond motifs is 1. The normalized spacial score (nSPS) is 17.5. The van der Waals surface area contributed by atoms with Crippen molar-refractivity contribution in [3.63, 3.8) is 0 Å². The topological polar surface area (TPSA) is 118 Å². The Hall–Kier alpha value is -4.46. The number of carbonyl (C=O) groups is 4. The molecule has 1 saturated heterocycles. The molecular formula is C31H26N4O6S3. The number of β-lactam (4-membered cyclic amide) rings is 1. The average molecular weight is 647 g/mol. The van der Waals surface area contributed by atoms with Gasteiger partial charge < -0.3 is 9.47 Å². The third-order valence-electron chi connectivity index (χ3n) is 7.12. The molecule has 0 bridgehead atoms. The van der Waals surface area contributed by atoms with Gasteiger partial charge in [-0.2, -0.15) is 0 Å². The predicted octanol–water partition coefficient (Wildman–Crippen LogP) is 5.76. The zero-order valence-electron chi connectivity index (χ0n) is 23.5. The lowest BCUT2D eigenvalue weighted by atomic mass is 9.99. The highest BCUT2D eigenvalue weighted by Crippen LogP contribution is 2.48. The molecule has 6 rings (SSSR count). The summed E-state index contributed by atoms with van der Waals surface area (Å²) < 4.78 is 10.9. The van der Waals surface area contributed by atoms with E-state index in [1.165, 1.54) is 46.9 Å². The Bertz CT molecular complexity index is 1690. The van der Waals surface area contributed by atoms with Crippen molar-refractivity contribution in [3.05, 3.63) is 106 Å². The minimum Gasteiger partial charge on any atom is -0.453 e. The van der Waals surface area contributed by atoms with Gasteiger partial charge in [0, 0.05) is 24.4 Å². The lowest BCUT2D eigenvalue weighted by Gasteiger charge is -2.52. The van der Waals surface area contributed by atoms with E-state index in [4.69, 9.17) is 4.74 Å². The summed E-state index contributed by atoms with van der Waals surface area (Å²) in [6.45, 7) is 1.43. The van der Waals surface area contributed by atoms with E-state index >= 15 is 0 Å². The maximum atomic E-state index is 14.3. The van der Waals surface area contributed by atoms with Gasteiger partial charge >= 0.3 is 12.1 Å². The zero-order chi connectivity index (χ0) is 30.8. The summed E-state index contributed by atoms with van der Waals surface area (Å²) in [4.78, 5) is 60.6. The van der Waals surface area contributed by atoms with E-state index in [2.05, 4.69) is 15.0 Å². The highest BCUT2D eigenvalue weighted by atomic mass is 32.2. The number of rotatable bonds is 8. The third kappa shape index (κ3) is 5.61. The van der Waals surface area contributed by atoms with Crippen LogP contribution in [0.5, 0.6) is 0 Å². The Labute approximate surface area is 265 Å². The van der Waals surface area contributed by atoms with Crippen LogP contribution >= 0.6 is 34.4 Å². The van der Waals surface area contributed by atoms with Crippen molar-refractivity contribution in [2.24, 2.45) is 0 Å². The molecule has 2 aliphatic heterocycles. The van der Waals surface area contributed by atoms with Crippen molar-refractivity contribution in [1.29, 1.82) is 0 Å². The number of hydrogen-bond acceptors (Lipinski definition) is 10. The van der Waals surface area contributed by atoms with Gasteiger partial charge in [-0.05, 0) is 28.6 Å². The number of methoxy groups -OCH3 is 1. The van der Waals surface area contributed by atoms with E-state index in [1.54, 1.807) is 12.3 Å². The molecule has 44 heavy (non-hydrogen) atoms. The predicted molar refractivity (Wildman–Crippen MR) is 170 cm³/mol. The number of nitrogens with one attached hydrogen (secondary N) is 1. The number of thioether (sulfide) groups is 1. The van der Waals surface area contributed by atoms with Crippen LogP contribution in [0.1, 0.15) is 29.0 Å². The molecule has 4 heterocycles. The van der Waals surface area contributed by atoms with Gasteiger partial charge in [-0.15, -0.1) is 23.1 Å². The lowest BCUT2D eigenvalue weighted by Crippen LogP contribution is -2.71. The van der Waals surface area contributed by atoms with E-state index in [1.807, 2.05) is 72.1 Å². The molecule has 0 radical (unpaired) electrons. The zero-order valence-corrected chi connectivity index (χ0v) is 26.0. The Balaban J connectivity index is 1.40. The van der Waals surface area contributed by atoms with Gasteiger partial charge in [-0.1, -0.05) is 72.0 Å². The number of amides is 3. The smallest absolute Gasteiger partial charge is 0.413 e. The highest BCUT2D eigenvalue weighted by molar-refractivity contribution is 8.00. The van der Waals surface area contributed by atoms with Crippen molar-refractivity contribution < 1.29 is 28.7 Å². The molecule has 224 valence electrons. The molecule has 0 aliphatic carbocycles. The van der Waals surface area contributed by atoms with Crippen LogP contribution in [0.25, 0.3) is 5.57 Å². The van der Waals surface area contributed by atoms with E-state index in [-0.39, 0.29) is 22.6 Å². The second-order valence-electron chi connectivity index (χ2n) is 9.78. The molecule has 10 nitrogen and oxygen atoms in total. The molecule has 0 saturated carbocycles. The fourth-order valence-electron chi connectivity index (χ4n) is 5.13. The molecule has 0 spiro atoms. The summed E-state index contributed by atoms with van der Waals surface area (Å²) in [7, 11) is 1.25. The number of thiophene rings is 1. The number of thiazole rings is 1. The van der Waals surface area contributed by atoms with Gasteiger partial charge in [0.2, 0.25) is 5.91 Å². The minimum absolute atomic E-state index is 0.0924. The molecule has 1 fully saturated rings. The molecule has 2 atom stereocenters. The molecule has 2 unspecified atom stereocenters. The Morgan fingerprint density at radius 2 is 1.70 bits per heavy atom. The second kappa shape index (κ2) is 12.6. The Morgan fingerprint density at radius 1 is 1.02 bits per heavy atom. The second-order valence-corrected chi connectivity index (χ2v) is 12.8. The van der Waals surface area contributed by atoms with Crippen LogP contribution in [0.4, 0.5) is 14.9 Å². The first-order valence-corrected chi connectivity index (χ1v) is 16.2. The molecular weight excluding hydrogens is 621 g/mol. The fraction of sp³-hybridized carbons (Fsp3) is 0.194. The van der Waals surface area contributed by atoms with Crippen LogP contribution in [-0.2, 0) is 23.9 Å². The minimum atomic E-state index is -0.780. The SMILES string of the molecule is COC(=O)Nc1ncc(C2=C(C(=O)OC(c3ccccc3)c3ccccc3)N3C(=O)C(N(C(C)=O)c4cccs4)C3SC2)s1. The van der Waals surface area contributed by atoms with Crippen molar-refractivity contribution >= 4 is 74.0 Å². The molecule has 2 aromatic carbocycles. The van der Waals surface area contributed by atoms with E-state index < -0.39 is 29.6 Å². The van der Waals surface area contributed by atoms with Crippen LogP contribution in [0, 0.1) is 0 Å². The first-order valence-electron chi connectivity index (χ1n) is 13.5. The van der Waals surface area contributed by atoms with Gasteiger partial charge in [-0.3, -0.25) is 24.7 Å². The molecule has 1 N–H and O–H groups in total. The van der Waals surface area contributed by atoms with Crippen molar-refractivity contribution in [2.45, 2.75) is 24.4 Å². The van der Waals surface area contributed by atoms with Crippen LogP contribution in [0.3, 0.4) is 0 Å². The van der Waals surface area contributed by atoms with Crippen LogP contribution < -0.4 is 10.2 Å². The quantitative estimate of drug-likeness (QED) is 0.190. The van der Waals surface area contributed by atoms with Gasteiger partial charge in [0.05, 0.1) is 17.0 Å². The number of anilines is 2. The molecule has 2 aromatic heterocycles. The van der Waals surface area contributed by atoms with E-state index in [0.717, 1.165) is 22.5 Å². The number of ether oxygens (including phenoxy) is 2. The summed E-state index contributed by atoms with van der Waals surface area (Å²) in [5.74, 6) is -0.994. The van der Waals surface area contributed by atoms with E-state index in [9.17, 15) is 19.2 Å². The van der Waals surface area contributed by atoms with Crippen molar-refractivity contribution in [1.82, 2.24) is 9.88 Å². The van der Waals surface area contributed by atoms with Crippen LogP contribution in [0.2, 0.25) is 0 Å². The molecule has 2 aliphatic rings. The third-order valence-corrected chi connectivity index (χ3v) is 10.2. The summed E-state index contributed by atoms with van der Waals surface area (Å²) in [6, 6.07) is 21.6. The number of aromatic nitrogens is 1. The molecule has 3 amide bonds.